The Balaban J connectivity index is 1.41. The van der Waals surface area contributed by atoms with E-state index in [9.17, 15) is 14.0 Å². The number of Topliss-reactive ketones (excluding diaryl/α,β-unsaturated/α-hetero) is 1. The van der Waals surface area contributed by atoms with Crippen LogP contribution in [-0.4, -0.2) is 39.9 Å². The zero-order valence-corrected chi connectivity index (χ0v) is 15.6. The summed E-state index contributed by atoms with van der Waals surface area (Å²) in [6.45, 7) is 1.40. The van der Waals surface area contributed by atoms with Gasteiger partial charge < -0.3 is 9.42 Å². The fourth-order valence-electron chi connectivity index (χ4n) is 3.24. The number of amides is 2. The van der Waals surface area contributed by atoms with Crippen LogP contribution in [0.3, 0.4) is 0 Å². The Bertz CT molecular complexity index is 1010. The van der Waals surface area contributed by atoms with Gasteiger partial charge in [0.05, 0.1) is 5.69 Å². The van der Waals surface area contributed by atoms with Gasteiger partial charge in [0.2, 0.25) is 0 Å². The lowest BCUT2D eigenvalue weighted by molar-refractivity contribution is 0.0982. The van der Waals surface area contributed by atoms with Crippen molar-refractivity contribution in [2.45, 2.75) is 19.4 Å². The molecule has 0 atom stereocenters. The van der Waals surface area contributed by atoms with Crippen LogP contribution in [0.25, 0.3) is 0 Å². The van der Waals surface area contributed by atoms with E-state index in [1.807, 2.05) is 0 Å². The minimum atomic E-state index is -0.308. The van der Waals surface area contributed by atoms with Crippen LogP contribution in [-0.2, 0) is 13.0 Å². The highest BCUT2D eigenvalue weighted by Crippen LogP contribution is 2.21. The summed E-state index contributed by atoms with van der Waals surface area (Å²) >= 11 is 0. The van der Waals surface area contributed by atoms with Crippen LogP contribution >= 0.6 is 0 Å². The first kappa shape index (κ1) is 18.8. The van der Waals surface area contributed by atoms with Gasteiger partial charge in [-0.2, -0.15) is 0 Å². The van der Waals surface area contributed by atoms with Gasteiger partial charge in [-0.25, -0.2) is 14.2 Å². The maximum atomic E-state index is 13.1. The van der Waals surface area contributed by atoms with Crippen molar-refractivity contribution in [1.29, 1.82) is 0 Å². The molecule has 0 N–H and O–H groups in total. The van der Waals surface area contributed by atoms with E-state index in [1.165, 1.54) is 24.6 Å². The Morgan fingerprint density at radius 3 is 2.72 bits per heavy atom. The number of urea groups is 1. The van der Waals surface area contributed by atoms with Gasteiger partial charge in [0.1, 0.15) is 17.9 Å². The number of rotatable bonds is 7. The van der Waals surface area contributed by atoms with E-state index in [2.05, 4.69) is 10.1 Å². The monoisotopic (exact) mass is 394 g/mol. The molecule has 1 aromatic carbocycles. The van der Waals surface area contributed by atoms with Gasteiger partial charge in [-0.05, 0) is 29.8 Å². The number of ketones is 1. The van der Waals surface area contributed by atoms with Crippen molar-refractivity contribution in [1.82, 2.24) is 15.0 Å². The van der Waals surface area contributed by atoms with E-state index < -0.39 is 0 Å². The van der Waals surface area contributed by atoms with Crippen molar-refractivity contribution in [3.63, 3.8) is 0 Å². The summed E-state index contributed by atoms with van der Waals surface area (Å²) in [5.74, 6) is 0.0905. The SMILES string of the molecule is O=C(CCc1ccon1)c1ccnc(N2CCN(Cc3ccc(F)cc3)C2=O)c1. The lowest BCUT2D eigenvalue weighted by atomic mass is 10.1. The van der Waals surface area contributed by atoms with Crippen molar-refractivity contribution in [2.75, 3.05) is 18.0 Å². The summed E-state index contributed by atoms with van der Waals surface area (Å²) in [5.41, 5.74) is 2.08. The Morgan fingerprint density at radius 2 is 1.97 bits per heavy atom. The molecule has 3 aromatic rings. The summed E-state index contributed by atoms with van der Waals surface area (Å²) in [6, 6.07) is 10.9. The van der Waals surface area contributed by atoms with E-state index in [4.69, 9.17) is 4.52 Å². The lowest BCUT2D eigenvalue weighted by Gasteiger charge is -2.18. The fourth-order valence-corrected chi connectivity index (χ4v) is 3.24. The molecule has 29 heavy (non-hydrogen) atoms. The third-order valence-electron chi connectivity index (χ3n) is 4.83. The van der Waals surface area contributed by atoms with Gasteiger partial charge in [0, 0.05) is 50.3 Å². The number of anilines is 1. The number of hydrogen-bond donors (Lipinski definition) is 0. The maximum Gasteiger partial charge on any atom is 0.326 e. The largest absolute Gasteiger partial charge is 0.365 e. The van der Waals surface area contributed by atoms with Crippen molar-refractivity contribution >= 4 is 17.6 Å². The first-order chi connectivity index (χ1) is 14.1. The highest BCUT2D eigenvalue weighted by atomic mass is 19.1. The second-order valence-electron chi connectivity index (χ2n) is 6.80. The zero-order valence-electron chi connectivity index (χ0n) is 15.6. The van der Waals surface area contributed by atoms with Crippen molar-refractivity contribution in [3.05, 3.63) is 77.6 Å². The lowest BCUT2D eigenvalue weighted by Crippen LogP contribution is -2.32. The highest BCUT2D eigenvalue weighted by Gasteiger charge is 2.30. The molecule has 8 heteroatoms. The summed E-state index contributed by atoms with van der Waals surface area (Å²) in [5, 5.41) is 3.80. The predicted octanol–water partition coefficient (Wildman–Crippen LogP) is 3.47. The zero-order chi connectivity index (χ0) is 20.2. The van der Waals surface area contributed by atoms with Crippen LogP contribution in [0.5, 0.6) is 0 Å². The van der Waals surface area contributed by atoms with Gasteiger partial charge in [-0.1, -0.05) is 17.3 Å². The average Bonchev–Trinajstić information content (AvgIpc) is 3.38. The number of aromatic nitrogens is 2. The van der Waals surface area contributed by atoms with E-state index in [0.717, 1.165) is 11.3 Å². The fraction of sp³-hybridized carbons (Fsp3) is 0.238. The van der Waals surface area contributed by atoms with Crippen molar-refractivity contribution in [2.24, 2.45) is 0 Å². The standard InChI is InChI=1S/C21H19FN4O3/c22-17-3-1-15(2-4-17)14-25-10-11-26(21(25)28)20-13-16(7-9-23-20)19(27)6-5-18-8-12-29-24-18/h1-4,7-9,12-13H,5-6,10-11,14H2. The van der Waals surface area contributed by atoms with Crippen LogP contribution in [0.4, 0.5) is 15.0 Å². The molecule has 1 saturated heterocycles. The number of pyridine rings is 1. The molecule has 0 bridgehead atoms. The Morgan fingerprint density at radius 1 is 1.14 bits per heavy atom. The molecule has 7 nitrogen and oxygen atoms in total. The average molecular weight is 394 g/mol. The highest BCUT2D eigenvalue weighted by molar-refractivity contribution is 5.98. The molecule has 1 aliphatic heterocycles. The third-order valence-corrected chi connectivity index (χ3v) is 4.83. The first-order valence-electron chi connectivity index (χ1n) is 9.29. The molecule has 1 aliphatic rings. The normalized spacial score (nSPS) is 13.9. The number of halogens is 1. The second-order valence-corrected chi connectivity index (χ2v) is 6.80. The topological polar surface area (TPSA) is 79.5 Å². The number of carbonyl (C=O) groups excluding carboxylic acids is 2. The molecule has 148 valence electrons. The summed E-state index contributed by atoms with van der Waals surface area (Å²) < 4.78 is 17.8. The minimum absolute atomic E-state index is 0.0496. The molecule has 0 spiro atoms. The van der Waals surface area contributed by atoms with Crippen LogP contribution in [0, 0.1) is 5.82 Å². The van der Waals surface area contributed by atoms with Crippen molar-refractivity contribution < 1.29 is 18.5 Å². The van der Waals surface area contributed by atoms with Crippen LogP contribution in [0.1, 0.15) is 28.0 Å². The Kier molecular flexibility index (Phi) is 5.33. The molecule has 1 fully saturated rings. The number of carbonyl (C=O) groups is 2. The van der Waals surface area contributed by atoms with Crippen LogP contribution < -0.4 is 4.90 Å². The first-order valence-corrected chi connectivity index (χ1v) is 9.29. The molecular formula is C21H19FN4O3. The third kappa shape index (κ3) is 4.31. The van der Waals surface area contributed by atoms with E-state index in [1.54, 1.807) is 40.1 Å². The summed E-state index contributed by atoms with van der Waals surface area (Å²) in [4.78, 5) is 32.8. The van der Waals surface area contributed by atoms with Crippen LogP contribution in [0.2, 0.25) is 0 Å². The van der Waals surface area contributed by atoms with Gasteiger partial charge in [-0.15, -0.1) is 0 Å². The molecular weight excluding hydrogens is 375 g/mol. The second kappa shape index (κ2) is 8.22. The number of aryl methyl sites for hydroxylation is 1. The predicted molar refractivity (Wildman–Crippen MR) is 103 cm³/mol. The summed E-state index contributed by atoms with van der Waals surface area (Å²) in [6.07, 6.45) is 3.79. The molecule has 0 saturated carbocycles. The van der Waals surface area contributed by atoms with Crippen LogP contribution in [0.15, 0.2) is 59.4 Å². The number of hydrogen-bond acceptors (Lipinski definition) is 5. The number of benzene rings is 1. The number of nitrogens with zero attached hydrogens (tertiary/aromatic N) is 4. The molecule has 0 radical (unpaired) electrons. The quantitative estimate of drug-likeness (QED) is 0.574. The van der Waals surface area contributed by atoms with Gasteiger partial charge in [0.25, 0.3) is 0 Å². The van der Waals surface area contributed by atoms with Gasteiger partial charge in [0.15, 0.2) is 5.78 Å². The molecule has 2 aromatic heterocycles. The maximum absolute atomic E-state index is 13.1. The van der Waals surface area contributed by atoms with Gasteiger partial charge in [-0.3, -0.25) is 9.69 Å². The van der Waals surface area contributed by atoms with E-state index in [-0.39, 0.29) is 17.6 Å². The van der Waals surface area contributed by atoms with E-state index in [0.29, 0.717) is 43.9 Å². The van der Waals surface area contributed by atoms with Gasteiger partial charge >= 0.3 is 6.03 Å². The molecule has 4 rings (SSSR count). The Labute approximate surface area is 166 Å². The summed E-state index contributed by atoms with van der Waals surface area (Å²) in [7, 11) is 0. The Hall–Kier alpha value is -3.55. The smallest absolute Gasteiger partial charge is 0.326 e. The molecule has 0 unspecified atom stereocenters. The molecule has 0 aliphatic carbocycles. The van der Waals surface area contributed by atoms with Crippen molar-refractivity contribution in [3.8, 4) is 0 Å². The minimum Gasteiger partial charge on any atom is -0.365 e. The molecule has 3 heterocycles. The van der Waals surface area contributed by atoms with E-state index >= 15 is 0 Å². The molecule has 2 amide bonds.